The fourth-order valence-corrected chi connectivity index (χ4v) is 2.36. The van der Waals surface area contributed by atoms with Crippen molar-refractivity contribution in [2.75, 3.05) is 17.7 Å². The Hall–Kier alpha value is -2.89. The number of amides is 2. The highest BCUT2D eigenvalue weighted by atomic mass is 16.2. The average molecular weight is 296 g/mol. The number of hydrogen-bond donors (Lipinski definition) is 3. The van der Waals surface area contributed by atoms with Crippen LogP contribution < -0.4 is 16.0 Å². The van der Waals surface area contributed by atoms with E-state index in [1.54, 1.807) is 25.4 Å². The number of fused-ring (bicyclic) bond motifs is 1. The van der Waals surface area contributed by atoms with Gasteiger partial charge in [0.15, 0.2) is 0 Å². The number of nitrogens with zero attached hydrogens (tertiary/aromatic N) is 1. The monoisotopic (exact) mass is 296 g/mol. The molecule has 3 N–H and O–H groups in total. The molecule has 0 atom stereocenters. The van der Waals surface area contributed by atoms with Gasteiger partial charge in [0, 0.05) is 24.8 Å². The highest BCUT2D eigenvalue weighted by molar-refractivity contribution is 5.94. The molecule has 112 valence electrons. The zero-order valence-electron chi connectivity index (χ0n) is 12.1. The molecular weight excluding hydrogens is 280 g/mol. The smallest absolute Gasteiger partial charge is 0.269 e. The minimum atomic E-state index is -0.212. The lowest BCUT2D eigenvalue weighted by Crippen LogP contribution is -2.19. The van der Waals surface area contributed by atoms with Crippen molar-refractivity contribution in [1.29, 1.82) is 0 Å². The minimum absolute atomic E-state index is 0.0576. The molecule has 6 nitrogen and oxygen atoms in total. The third-order valence-corrected chi connectivity index (χ3v) is 3.51. The van der Waals surface area contributed by atoms with E-state index in [0.717, 1.165) is 29.0 Å². The Bertz CT molecular complexity index is 725. The number of aromatic nitrogens is 1. The van der Waals surface area contributed by atoms with Gasteiger partial charge in [0.2, 0.25) is 5.91 Å². The summed E-state index contributed by atoms with van der Waals surface area (Å²) in [5.74, 6) is -0.154. The summed E-state index contributed by atoms with van der Waals surface area (Å²) >= 11 is 0. The lowest BCUT2D eigenvalue weighted by atomic mass is 10.0. The summed E-state index contributed by atoms with van der Waals surface area (Å²) in [5.41, 5.74) is 4.08. The molecule has 0 bridgehead atoms. The van der Waals surface area contributed by atoms with Crippen molar-refractivity contribution < 1.29 is 9.59 Å². The van der Waals surface area contributed by atoms with Gasteiger partial charge in [-0.25, -0.2) is 4.98 Å². The molecule has 0 saturated carbocycles. The van der Waals surface area contributed by atoms with Gasteiger partial charge in [-0.05, 0) is 42.3 Å². The van der Waals surface area contributed by atoms with Gasteiger partial charge < -0.3 is 16.0 Å². The molecule has 1 aromatic heterocycles. The van der Waals surface area contributed by atoms with E-state index < -0.39 is 0 Å². The number of carbonyl (C=O) groups excluding carboxylic acids is 2. The molecule has 6 heteroatoms. The third kappa shape index (κ3) is 2.90. The highest BCUT2D eigenvalue weighted by Gasteiger charge is 2.14. The summed E-state index contributed by atoms with van der Waals surface area (Å²) < 4.78 is 0. The quantitative estimate of drug-likeness (QED) is 0.809. The number of aryl methyl sites for hydroxylation is 1. The van der Waals surface area contributed by atoms with Crippen LogP contribution in [0.4, 0.5) is 17.1 Å². The molecule has 0 radical (unpaired) electrons. The van der Waals surface area contributed by atoms with Crippen LogP contribution in [-0.2, 0) is 11.2 Å². The Kier molecular flexibility index (Phi) is 3.74. The van der Waals surface area contributed by atoms with E-state index in [-0.39, 0.29) is 11.8 Å². The molecular formula is C16H16N4O2. The Labute approximate surface area is 127 Å². The molecule has 3 rings (SSSR count). The number of hydrogen-bond acceptors (Lipinski definition) is 4. The summed E-state index contributed by atoms with van der Waals surface area (Å²) in [6.07, 6.45) is 2.87. The molecule has 2 aromatic rings. The Morgan fingerprint density at radius 2 is 2.00 bits per heavy atom. The average Bonchev–Trinajstić information content (AvgIpc) is 2.55. The molecule has 22 heavy (non-hydrogen) atoms. The fraction of sp³-hybridized carbons (Fsp3) is 0.188. The first-order valence-corrected chi connectivity index (χ1v) is 7.03. The lowest BCUT2D eigenvalue weighted by Gasteiger charge is -2.18. The second-order valence-corrected chi connectivity index (χ2v) is 5.06. The third-order valence-electron chi connectivity index (χ3n) is 3.51. The molecule has 0 spiro atoms. The summed E-state index contributed by atoms with van der Waals surface area (Å²) in [4.78, 5) is 26.9. The van der Waals surface area contributed by atoms with E-state index in [2.05, 4.69) is 20.9 Å². The first-order valence-electron chi connectivity index (χ1n) is 7.03. The standard InChI is InChI=1S/C16H16N4O2/c1-17-16(22)14-6-4-12(9-18-14)19-11-3-5-13-10(8-11)2-7-15(21)20-13/h3-6,8-9,19H,2,7H2,1H3,(H,17,22)(H,20,21). The van der Waals surface area contributed by atoms with Gasteiger partial charge in [-0.3, -0.25) is 9.59 Å². The SMILES string of the molecule is CNC(=O)c1ccc(Nc2ccc3c(c2)CCC(=O)N3)cn1. The van der Waals surface area contributed by atoms with Crippen LogP contribution in [0.2, 0.25) is 0 Å². The zero-order valence-corrected chi connectivity index (χ0v) is 12.1. The van der Waals surface area contributed by atoms with Crippen LogP contribution in [0.1, 0.15) is 22.5 Å². The van der Waals surface area contributed by atoms with Crippen molar-refractivity contribution in [2.45, 2.75) is 12.8 Å². The van der Waals surface area contributed by atoms with E-state index in [0.29, 0.717) is 12.1 Å². The normalized spacial score (nSPS) is 13.0. The van der Waals surface area contributed by atoms with Crippen molar-refractivity contribution in [3.05, 3.63) is 47.8 Å². The van der Waals surface area contributed by atoms with Crippen molar-refractivity contribution in [3.8, 4) is 0 Å². The highest BCUT2D eigenvalue weighted by Crippen LogP contribution is 2.27. The maximum atomic E-state index is 11.4. The Balaban J connectivity index is 1.76. The van der Waals surface area contributed by atoms with Crippen LogP contribution in [0.25, 0.3) is 0 Å². The lowest BCUT2D eigenvalue weighted by molar-refractivity contribution is -0.116. The number of nitrogens with one attached hydrogen (secondary N) is 3. The molecule has 1 aliphatic rings. The molecule has 1 aromatic carbocycles. The predicted molar refractivity (Wildman–Crippen MR) is 84.3 cm³/mol. The topological polar surface area (TPSA) is 83.1 Å². The van der Waals surface area contributed by atoms with E-state index in [1.165, 1.54) is 0 Å². The van der Waals surface area contributed by atoms with Gasteiger partial charge in [0.25, 0.3) is 5.91 Å². The number of rotatable bonds is 3. The van der Waals surface area contributed by atoms with E-state index >= 15 is 0 Å². The van der Waals surface area contributed by atoms with Gasteiger partial charge in [-0.2, -0.15) is 0 Å². The van der Waals surface area contributed by atoms with Crippen LogP contribution >= 0.6 is 0 Å². The number of benzene rings is 1. The number of carbonyl (C=O) groups is 2. The number of anilines is 3. The maximum Gasteiger partial charge on any atom is 0.269 e. The van der Waals surface area contributed by atoms with E-state index in [9.17, 15) is 9.59 Å². The first-order chi connectivity index (χ1) is 10.7. The van der Waals surface area contributed by atoms with Crippen LogP contribution in [0.3, 0.4) is 0 Å². The van der Waals surface area contributed by atoms with Crippen LogP contribution in [0.15, 0.2) is 36.5 Å². The molecule has 2 amide bonds. The number of pyridine rings is 1. The summed E-state index contributed by atoms with van der Waals surface area (Å²) in [5, 5.41) is 8.63. The van der Waals surface area contributed by atoms with Gasteiger partial charge in [-0.15, -0.1) is 0 Å². The zero-order chi connectivity index (χ0) is 15.5. The predicted octanol–water partition coefficient (Wildman–Crippen LogP) is 2.07. The summed E-state index contributed by atoms with van der Waals surface area (Å²) in [7, 11) is 1.57. The summed E-state index contributed by atoms with van der Waals surface area (Å²) in [6.45, 7) is 0. The van der Waals surface area contributed by atoms with E-state index in [4.69, 9.17) is 0 Å². The van der Waals surface area contributed by atoms with E-state index in [1.807, 2.05) is 18.2 Å². The van der Waals surface area contributed by atoms with Gasteiger partial charge >= 0.3 is 0 Å². The second kappa shape index (κ2) is 5.85. The van der Waals surface area contributed by atoms with Crippen LogP contribution in [0.5, 0.6) is 0 Å². The Morgan fingerprint density at radius 1 is 1.18 bits per heavy atom. The van der Waals surface area contributed by atoms with Gasteiger partial charge in [0.05, 0.1) is 11.9 Å². The molecule has 0 saturated heterocycles. The molecule has 0 unspecified atom stereocenters. The Morgan fingerprint density at radius 3 is 2.73 bits per heavy atom. The maximum absolute atomic E-state index is 11.4. The van der Waals surface area contributed by atoms with Gasteiger partial charge in [-0.1, -0.05) is 0 Å². The first kappa shape index (κ1) is 14.1. The van der Waals surface area contributed by atoms with Crippen LogP contribution in [0, 0.1) is 0 Å². The fourth-order valence-electron chi connectivity index (χ4n) is 2.36. The molecule has 0 fully saturated rings. The van der Waals surface area contributed by atoms with Crippen molar-refractivity contribution in [1.82, 2.24) is 10.3 Å². The second-order valence-electron chi connectivity index (χ2n) is 5.06. The largest absolute Gasteiger partial charge is 0.354 e. The summed E-state index contributed by atoms with van der Waals surface area (Å²) in [6, 6.07) is 9.28. The molecule has 1 aliphatic heterocycles. The van der Waals surface area contributed by atoms with Crippen molar-refractivity contribution >= 4 is 28.9 Å². The molecule has 0 aliphatic carbocycles. The van der Waals surface area contributed by atoms with Crippen molar-refractivity contribution in [3.63, 3.8) is 0 Å². The van der Waals surface area contributed by atoms with Gasteiger partial charge in [0.1, 0.15) is 5.69 Å². The van der Waals surface area contributed by atoms with Crippen LogP contribution in [-0.4, -0.2) is 23.8 Å². The van der Waals surface area contributed by atoms with Crippen molar-refractivity contribution in [2.24, 2.45) is 0 Å². The minimum Gasteiger partial charge on any atom is -0.354 e. The molecule has 2 heterocycles.